The average Bonchev–Trinajstić information content (AvgIpc) is 2.74. The third-order valence-corrected chi connectivity index (χ3v) is 3.24. The summed E-state index contributed by atoms with van der Waals surface area (Å²) in [6.07, 6.45) is 3.62. The second kappa shape index (κ2) is 2.98. The fraction of sp³-hybridized carbons (Fsp3) is 0.700. The number of hydrogen-bond acceptors (Lipinski definition) is 2. The van der Waals surface area contributed by atoms with Crippen LogP contribution in [0.15, 0.2) is 4.79 Å². The SMILES string of the molecule is O=c1[nH]c(C2CC2)c(C2CCNC2)[nH]1. The summed E-state index contributed by atoms with van der Waals surface area (Å²) in [5, 5.41) is 3.33. The molecule has 4 heteroatoms. The van der Waals surface area contributed by atoms with Crippen LogP contribution < -0.4 is 11.0 Å². The van der Waals surface area contributed by atoms with Gasteiger partial charge in [-0.05, 0) is 25.8 Å². The molecule has 76 valence electrons. The minimum absolute atomic E-state index is 0.0335. The van der Waals surface area contributed by atoms with E-state index in [4.69, 9.17) is 0 Å². The number of rotatable bonds is 2. The smallest absolute Gasteiger partial charge is 0.316 e. The van der Waals surface area contributed by atoms with Crippen molar-refractivity contribution in [3.8, 4) is 0 Å². The number of nitrogens with one attached hydrogen (secondary N) is 3. The molecule has 1 aromatic rings. The Morgan fingerprint density at radius 1 is 1.00 bits per heavy atom. The third kappa shape index (κ3) is 1.30. The molecule has 3 rings (SSSR count). The molecule has 0 bridgehead atoms. The van der Waals surface area contributed by atoms with Crippen LogP contribution in [0.3, 0.4) is 0 Å². The molecule has 2 fully saturated rings. The minimum atomic E-state index is -0.0335. The van der Waals surface area contributed by atoms with Gasteiger partial charge in [0.25, 0.3) is 0 Å². The molecule has 1 aromatic heterocycles. The molecule has 14 heavy (non-hydrogen) atoms. The van der Waals surface area contributed by atoms with E-state index in [2.05, 4.69) is 15.3 Å². The summed E-state index contributed by atoms with van der Waals surface area (Å²) in [6, 6.07) is 0. The molecule has 2 aliphatic rings. The van der Waals surface area contributed by atoms with Crippen LogP contribution in [-0.2, 0) is 0 Å². The molecule has 0 aromatic carbocycles. The van der Waals surface area contributed by atoms with Crippen LogP contribution in [0.2, 0.25) is 0 Å². The monoisotopic (exact) mass is 193 g/mol. The number of aromatic amines is 2. The van der Waals surface area contributed by atoms with Crippen molar-refractivity contribution in [1.82, 2.24) is 15.3 Å². The molecule has 0 amide bonds. The van der Waals surface area contributed by atoms with E-state index in [0.29, 0.717) is 11.8 Å². The fourth-order valence-corrected chi connectivity index (χ4v) is 2.33. The molecule has 0 radical (unpaired) electrons. The van der Waals surface area contributed by atoms with Crippen molar-refractivity contribution >= 4 is 0 Å². The van der Waals surface area contributed by atoms with Crippen molar-refractivity contribution < 1.29 is 0 Å². The van der Waals surface area contributed by atoms with Crippen molar-refractivity contribution in [3.63, 3.8) is 0 Å². The van der Waals surface area contributed by atoms with Gasteiger partial charge < -0.3 is 15.3 Å². The predicted molar refractivity (Wildman–Crippen MR) is 53.6 cm³/mol. The fourth-order valence-electron chi connectivity index (χ4n) is 2.33. The van der Waals surface area contributed by atoms with Crippen LogP contribution >= 0.6 is 0 Å². The Morgan fingerprint density at radius 3 is 2.29 bits per heavy atom. The van der Waals surface area contributed by atoms with E-state index >= 15 is 0 Å². The van der Waals surface area contributed by atoms with Crippen LogP contribution in [0, 0.1) is 0 Å². The highest BCUT2D eigenvalue weighted by molar-refractivity contribution is 5.25. The quantitative estimate of drug-likeness (QED) is 0.646. The largest absolute Gasteiger partial charge is 0.323 e. The number of H-pyrrole nitrogens is 2. The summed E-state index contributed by atoms with van der Waals surface area (Å²) in [5.41, 5.74) is 2.32. The van der Waals surface area contributed by atoms with Gasteiger partial charge in [-0.25, -0.2) is 4.79 Å². The number of aromatic nitrogens is 2. The van der Waals surface area contributed by atoms with Crippen molar-refractivity contribution in [2.24, 2.45) is 0 Å². The average molecular weight is 193 g/mol. The lowest BCUT2D eigenvalue weighted by Crippen LogP contribution is -2.10. The molecule has 1 saturated carbocycles. The lowest BCUT2D eigenvalue weighted by Gasteiger charge is -2.07. The Morgan fingerprint density at radius 2 is 1.71 bits per heavy atom. The van der Waals surface area contributed by atoms with Crippen LogP contribution in [0.25, 0.3) is 0 Å². The maximum atomic E-state index is 11.3. The maximum absolute atomic E-state index is 11.3. The lowest BCUT2D eigenvalue weighted by molar-refractivity contribution is 0.725. The van der Waals surface area contributed by atoms with Crippen molar-refractivity contribution in [2.45, 2.75) is 31.1 Å². The first kappa shape index (κ1) is 8.29. The summed E-state index contributed by atoms with van der Waals surface area (Å²) in [7, 11) is 0. The zero-order valence-electron chi connectivity index (χ0n) is 8.10. The number of imidazole rings is 1. The Labute approximate surface area is 82.1 Å². The summed E-state index contributed by atoms with van der Waals surface area (Å²) in [5.74, 6) is 1.15. The molecule has 1 saturated heterocycles. The van der Waals surface area contributed by atoms with Gasteiger partial charge in [-0.2, -0.15) is 0 Å². The second-order valence-corrected chi connectivity index (χ2v) is 4.37. The van der Waals surface area contributed by atoms with Crippen LogP contribution in [0.4, 0.5) is 0 Å². The first-order chi connectivity index (χ1) is 6.84. The molecule has 0 spiro atoms. The zero-order valence-corrected chi connectivity index (χ0v) is 8.10. The van der Waals surface area contributed by atoms with Gasteiger partial charge in [-0.1, -0.05) is 0 Å². The van der Waals surface area contributed by atoms with Gasteiger partial charge in [0.1, 0.15) is 0 Å². The Balaban J connectivity index is 1.97. The highest BCUT2D eigenvalue weighted by Gasteiger charge is 2.31. The molecule has 2 heterocycles. The van der Waals surface area contributed by atoms with E-state index < -0.39 is 0 Å². The number of hydrogen-bond donors (Lipinski definition) is 3. The van der Waals surface area contributed by atoms with Crippen LogP contribution in [0.5, 0.6) is 0 Å². The van der Waals surface area contributed by atoms with Gasteiger partial charge in [0.2, 0.25) is 0 Å². The third-order valence-electron chi connectivity index (χ3n) is 3.24. The van der Waals surface area contributed by atoms with Crippen LogP contribution in [-0.4, -0.2) is 23.1 Å². The first-order valence-corrected chi connectivity index (χ1v) is 5.37. The van der Waals surface area contributed by atoms with E-state index in [0.717, 1.165) is 19.5 Å². The van der Waals surface area contributed by atoms with Crippen molar-refractivity contribution in [3.05, 3.63) is 21.9 Å². The predicted octanol–water partition coefficient (Wildman–Crippen LogP) is 0.657. The van der Waals surface area contributed by atoms with E-state index in [1.807, 2.05) is 0 Å². The zero-order chi connectivity index (χ0) is 9.54. The molecular formula is C10H15N3O. The first-order valence-electron chi connectivity index (χ1n) is 5.37. The van der Waals surface area contributed by atoms with Gasteiger partial charge in [0.15, 0.2) is 0 Å². The summed E-state index contributed by atoms with van der Waals surface area (Å²) in [4.78, 5) is 17.2. The van der Waals surface area contributed by atoms with E-state index in [1.165, 1.54) is 24.2 Å². The van der Waals surface area contributed by atoms with Gasteiger partial charge in [-0.15, -0.1) is 0 Å². The molecule has 1 atom stereocenters. The Kier molecular flexibility index (Phi) is 1.77. The lowest BCUT2D eigenvalue weighted by atomic mass is 10.0. The molecule has 1 unspecified atom stereocenters. The highest BCUT2D eigenvalue weighted by Crippen LogP contribution is 2.41. The Hall–Kier alpha value is -1.03. The van der Waals surface area contributed by atoms with Gasteiger partial charge >= 0.3 is 5.69 Å². The van der Waals surface area contributed by atoms with E-state index in [-0.39, 0.29) is 5.69 Å². The van der Waals surface area contributed by atoms with Crippen LogP contribution in [0.1, 0.15) is 42.5 Å². The molecular weight excluding hydrogens is 178 g/mol. The van der Waals surface area contributed by atoms with Gasteiger partial charge in [0, 0.05) is 29.8 Å². The molecule has 1 aliphatic carbocycles. The van der Waals surface area contributed by atoms with Crippen molar-refractivity contribution in [2.75, 3.05) is 13.1 Å². The molecule has 4 nitrogen and oxygen atoms in total. The van der Waals surface area contributed by atoms with E-state index in [9.17, 15) is 4.79 Å². The highest BCUT2D eigenvalue weighted by atomic mass is 16.1. The summed E-state index contributed by atoms with van der Waals surface area (Å²) in [6.45, 7) is 2.08. The Bertz CT molecular complexity index is 382. The standard InChI is InChI=1S/C10H15N3O/c14-10-12-8(6-1-2-6)9(13-10)7-3-4-11-5-7/h6-7,11H,1-5H2,(H2,12,13,14). The van der Waals surface area contributed by atoms with Crippen molar-refractivity contribution in [1.29, 1.82) is 0 Å². The second-order valence-electron chi connectivity index (χ2n) is 4.37. The van der Waals surface area contributed by atoms with Gasteiger partial charge in [0.05, 0.1) is 0 Å². The minimum Gasteiger partial charge on any atom is -0.316 e. The summed E-state index contributed by atoms with van der Waals surface area (Å²) < 4.78 is 0. The van der Waals surface area contributed by atoms with Gasteiger partial charge in [-0.3, -0.25) is 0 Å². The molecule has 3 N–H and O–H groups in total. The van der Waals surface area contributed by atoms with E-state index in [1.54, 1.807) is 0 Å². The normalized spacial score (nSPS) is 27.0. The maximum Gasteiger partial charge on any atom is 0.323 e. The molecule has 1 aliphatic heterocycles. The summed E-state index contributed by atoms with van der Waals surface area (Å²) >= 11 is 0. The topological polar surface area (TPSA) is 60.7 Å².